The molecule has 1 aromatic rings. The maximum Gasteiger partial charge on any atom is 2.00 e. The number of hydrogen-bond acceptors (Lipinski definition) is 3. The summed E-state index contributed by atoms with van der Waals surface area (Å²) in [6.45, 7) is 3.85. The molecular weight excluding hydrogens is 380 g/mol. The van der Waals surface area contributed by atoms with Gasteiger partial charge in [0, 0.05) is 12.4 Å². The maximum atomic E-state index is 4.02. The molecule has 0 radical (unpaired) electrons. The maximum absolute atomic E-state index is 4.02. The average molecular weight is 391 g/mol. The molecular formula is C6H11Cl2N3Pt. The van der Waals surface area contributed by atoms with E-state index in [4.69, 9.17) is 0 Å². The fourth-order valence-corrected chi connectivity index (χ4v) is 0.457. The van der Waals surface area contributed by atoms with Gasteiger partial charge in [0.25, 0.3) is 0 Å². The molecule has 1 heterocycles. The monoisotopic (exact) mass is 390 g/mol. The van der Waals surface area contributed by atoms with Gasteiger partial charge in [0.1, 0.15) is 0 Å². The number of aromatic nitrogens is 2. The Hall–Kier alpha value is 0.308. The van der Waals surface area contributed by atoms with Gasteiger partial charge in [-0.25, -0.2) is 0 Å². The van der Waals surface area contributed by atoms with Crippen LogP contribution < -0.4 is 31.0 Å². The van der Waals surface area contributed by atoms with Gasteiger partial charge >= 0.3 is 21.1 Å². The second-order valence-corrected chi connectivity index (χ2v) is 1.80. The van der Waals surface area contributed by atoms with E-state index in [1.807, 2.05) is 13.8 Å². The topological polar surface area (TPSA) is 60.8 Å². The van der Waals surface area contributed by atoms with E-state index in [9.17, 15) is 0 Å². The van der Waals surface area contributed by atoms with Crippen LogP contribution in [0.3, 0.4) is 0 Å². The fraction of sp³-hybridized carbons (Fsp3) is 0.333. The number of rotatable bonds is 0. The molecule has 0 aliphatic heterocycles. The van der Waals surface area contributed by atoms with E-state index in [2.05, 4.69) is 9.97 Å². The molecule has 12 heavy (non-hydrogen) atoms. The summed E-state index contributed by atoms with van der Waals surface area (Å²) in [5, 5.41) is 0. The van der Waals surface area contributed by atoms with Gasteiger partial charge in [-0.2, -0.15) is 0 Å². The van der Waals surface area contributed by atoms with E-state index in [1.165, 1.54) is 0 Å². The van der Waals surface area contributed by atoms with E-state index in [0.29, 0.717) is 0 Å². The molecule has 0 atom stereocenters. The van der Waals surface area contributed by atoms with Crippen LogP contribution >= 0.6 is 0 Å². The molecule has 1 aromatic heterocycles. The number of hydrogen-bond donors (Lipinski definition) is 1. The predicted molar refractivity (Wildman–Crippen MR) is 36.5 cm³/mol. The number of halogens is 2. The third-order valence-corrected chi connectivity index (χ3v) is 0.910. The third-order valence-electron chi connectivity index (χ3n) is 0.910. The van der Waals surface area contributed by atoms with Crippen LogP contribution in [0, 0.1) is 13.8 Å². The zero-order valence-electron chi connectivity index (χ0n) is 6.83. The molecule has 0 aromatic carbocycles. The third kappa shape index (κ3) is 8.41. The second-order valence-electron chi connectivity index (χ2n) is 1.80. The van der Waals surface area contributed by atoms with Crippen LogP contribution in [-0.4, -0.2) is 9.97 Å². The molecule has 0 saturated heterocycles. The molecule has 3 nitrogen and oxygen atoms in total. The Kier molecular flexibility index (Phi) is 21.5. The Morgan fingerprint density at radius 2 is 1.17 bits per heavy atom. The van der Waals surface area contributed by atoms with Crippen LogP contribution in [0.2, 0.25) is 0 Å². The Morgan fingerprint density at radius 1 is 0.917 bits per heavy atom. The summed E-state index contributed by atoms with van der Waals surface area (Å²) in [5.41, 5.74) is 1.94. The zero-order chi connectivity index (χ0) is 5.98. The van der Waals surface area contributed by atoms with Crippen molar-refractivity contribution in [2.24, 2.45) is 0 Å². The van der Waals surface area contributed by atoms with Crippen molar-refractivity contribution in [3.05, 3.63) is 23.8 Å². The molecule has 0 bridgehead atoms. The smallest absolute Gasteiger partial charge is 1.00 e. The molecule has 0 spiro atoms. The minimum atomic E-state index is 0. The molecule has 0 aliphatic rings. The fourth-order valence-electron chi connectivity index (χ4n) is 0.457. The van der Waals surface area contributed by atoms with E-state index in [1.54, 1.807) is 12.4 Å². The van der Waals surface area contributed by atoms with E-state index in [0.717, 1.165) is 11.4 Å². The average Bonchev–Trinajstić information content (AvgIpc) is 1.77. The van der Waals surface area contributed by atoms with Crippen molar-refractivity contribution in [1.82, 2.24) is 16.1 Å². The van der Waals surface area contributed by atoms with Gasteiger partial charge < -0.3 is 31.0 Å². The van der Waals surface area contributed by atoms with Crippen molar-refractivity contribution >= 4 is 0 Å². The molecule has 74 valence electrons. The van der Waals surface area contributed by atoms with Crippen LogP contribution in [0.5, 0.6) is 0 Å². The normalized spacial score (nSPS) is 6.17. The minimum Gasteiger partial charge on any atom is -1.00 e. The molecule has 0 fully saturated rings. The van der Waals surface area contributed by atoms with Gasteiger partial charge in [-0.3, -0.25) is 9.97 Å². The van der Waals surface area contributed by atoms with Gasteiger partial charge in [0.05, 0.1) is 11.4 Å². The quantitative estimate of drug-likeness (QED) is 0.484. The van der Waals surface area contributed by atoms with Crippen molar-refractivity contribution < 1.29 is 45.9 Å². The Balaban J connectivity index is -0.0000000800. The molecule has 6 heteroatoms. The Morgan fingerprint density at radius 3 is 1.33 bits per heavy atom. The first-order valence-corrected chi connectivity index (χ1v) is 2.54. The van der Waals surface area contributed by atoms with E-state index < -0.39 is 0 Å². The van der Waals surface area contributed by atoms with Crippen LogP contribution in [0.25, 0.3) is 0 Å². The van der Waals surface area contributed by atoms with Crippen molar-refractivity contribution in [3.63, 3.8) is 0 Å². The molecule has 0 saturated carbocycles. The van der Waals surface area contributed by atoms with Gasteiger partial charge in [-0.15, -0.1) is 0 Å². The van der Waals surface area contributed by atoms with Gasteiger partial charge in [0.2, 0.25) is 0 Å². The van der Waals surface area contributed by atoms with E-state index >= 15 is 0 Å². The predicted octanol–water partition coefficient (Wildman–Crippen LogP) is -4.74. The van der Waals surface area contributed by atoms with Gasteiger partial charge in [-0.05, 0) is 13.8 Å². The molecule has 0 amide bonds. The van der Waals surface area contributed by atoms with Crippen molar-refractivity contribution in [2.75, 3.05) is 0 Å². The summed E-state index contributed by atoms with van der Waals surface area (Å²) in [6, 6.07) is 0. The summed E-state index contributed by atoms with van der Waals surface area (Å²) in [4.78, 5) is 8.03. The largest absolute Gasteiger partial charge is 2.00 e. The minimum absolute atomic E-state index is 0. The van der Waals surface area contributed by atoms with E-state index in [-0.39, 0.29) is 52.0 Å². The summed E-state index contributed by atoms with van der Waals surface area (Å²) >= 11 is 0. The summed E-state index contributed by atoms with van der Waals surface area (Å²) < 4.78 is 0. The summed E-state index contributed by atoms with van der Waals surface area (Å²) in [6.07, 6.45) is 3.52. The van der Waals surface area contributed by atoms with Crippen molar-refractivity contribution in [1.29, 1.82) is 0 Å². The molecule has 1 rings (SSSR count). The Labute approximate surface area is 99.4 Å². The molecule has 0 aliphatic carbocycles. The van der Waals surface area contributed by atoms with Crippen molar-refractivity contribution in [3.8, 4) is 0 Å². The van der Waals surface area contributed by atoms with Gasteiger partial charge in [-0.1, -0.05) is 0 Å². The zero-order valence-corrected chi connectivity index (χ0v) is 10.6. The standard InChI is InChI=1S/C6H8N2.2ClH.H3N.Pt/c1-5-3-8-6(2)4-7-5;;;;/h3-4H,1-2H3;2*1H;1H3;/q;;;;+2/p-2. The second kappa shape index (κ2) is 11.3. The van der Waals surface area contributed by atoms with Crippen LogP contribution in [-0.2, 0) is 21.1 Å². The summed E-state index contributed by atoms with van der Waals surface area (Å²) in [7, 11) is 0. The van der Waals surface area contributed by atoms with Crippen LogP contribution in [0.1, 0.15) is 11.4 Å². The Bertz CT molecular complexity index is 160. The number of nitrogens with zero attached hydrogens (tertiary/aromatic N) is 2. The summed E-state index contributed by atoms with van der Waals surface area (Å²) in [5.74, 6) is 0. The van der Waals surface area contributed by atoms with Crippen molar-refractivity contribution in [2.45, 2.75) is 13.8 Å². The molecule has 3 N–H and O–H groups in total. The molecule has 0 unspecified atom stereocenters. The first kappa shape index (κ1) is 22.8. The first-order chi connectivity index (χ1) is 3.79. The van der Waals surface area contributed by atoms with Gasteiger partial charge in [0.15, 0.2) is 0 Å². The first-order valence-electron chi connectivity index (χ1n) is 2.54. The van der Waals surface area contributed by atoms with Crippen LogP contribution in [0.15, 0.2) is 12.4 Å². The van der Waals surface area contributed by atoms with Crippen LogP contribution in [0.4, 0.5) is 0 Å². The SMILES string of the molecule is Cc1cnc(C)cn1.N.[Cl-].[Cl-].[Pt+2]. The number of aryl methyl sites for hydroxylation is 2.